The van der Waals surface area contributed by atoms with Crippen LogP contribution in [0.5, 0.6) is 0 Å². The zero-order chi connectivity index (χ0) is 10.7. The molecule has 1 N–H and O–H groups in total. The highest BCUT2D eigenvalue weighted by Crippen LogP contribution is 2.10. The Morgan fingerprint density at radius 3 is 3.07 bits per heavy atom. The van der Waals surface area contributed by atoms with Crippen molar-refractivity contribution in [2.45, 2.75) is 13.3 Å². The first-order chi connectivity index (χ1) is 7.33. The Morgan fingerprint density at radius 2 is 2.27 bits per heavy atom. The van der Waals surface area contributed by atoms with E-state index in [1.54, 1.807) is 6.20 Å². The summed E-state index contributed by atoms with van der Waals surface area (Å²) < 4.78 is 2.63. The maximum atomic E-state index is 5.25. The predicted molar refractivity (Wildman–Crippen MR) is 65.1 cm³/mol. The Bertz CT molecular complexity index is 518. The first-order valence-corrected chi connectivity index (χ1v) is 5.44. The molecule has 15 heavy (non-hydrogen) atoms. The second-order valence-corrected chi connectivity index (χ2v) is 3.75. The van der Waals surface area contributed by atoms with E-state index >= 15 is 0 Å². The second-order valence-electron chi connectivity index (χ2n) is 3.33. The summed E-state index contributed by atoms with van der Waals surface area (Å²) >= 11 is 5.25. The molecule has 0 spiro atoms. The van der Waals surface area contributed by atoms with Crippen LogP contribution in [0, 0.1) is 4.64 Å². The molecule has 2 heterocycles. The summed E-state index contributed by atoms with van der Waals surface area (Å²) in [5.41, 5.74) is 4.14. The van der Waals surface area contributed by atoms with E-state index in [4.69, 9.17) is 12.2 Å². The van der Waals surface area contributed by atoms with Crippen LogP contribution in [0.25, 0.3) is 11.0 Å². The monoisotopic (exact) mass is 219 g/mol. The standard InChI is InChI=1S/C11H13N3S/c1-2-7-13-14-10(15)6-5-9-4-3-8-12-11(9)14/h3-6,8,13H,2,7H2,1H3. The van der Waals surface area contributed by atoms with Crippen LogP contribution in [-0.2, 0) is 0 Å². The van der Waals surface area contributed by atoms with Crippen molar-refractivity contribution in [3.63, 3.8) is 0 Å². The Labute approximate surface area is 93.7 Å². The van der Waals surface area contributed by atoms with E-state index in [1.807, 2.05) is 28.9 Å². The first-order valence-electron chi connectivity index (χ1n) is 5.03. The van der Waals surface area contributed by atoms with Crippen molar-refractivity contribution >= 4 is 23.3 Å². The fourth-order valence-electron chi connectivity index (χ4n) is 1.44. The van der Waals surface area contributed by atoms with Gasteiger partial charge < -0.3 is 5.43 Å². The molecule has 0 fully saturated rings. The van der Waals surface area contributed by atoms with E-state index in [9.17, 15) is 0 Å². The highest BCUT2D eigenvalue weighted by Gasteiger charge is 1.99. The van der Waals surface area contributed by atoms with Gasteiger partial charge in [-0.15, -0.1) is 0 Å². The van der Waals surface area contributed by atoms with Crippen molar-refractivity contribution in [3.05, 3.63) is 35.1 Å². The molecule has 2 aromatic heterocycles. The quantitative estimate of drug-likeness (QED) is 0.805. The van der Waals surface area contributed by atoms with Gasteiger partial charge in [-0.05, 0) is 30.7 Å². The van der Waals surface area contributed by atoms with Gasteiger partial charge in [0.1, 0.15) is 4.64 Å². The minimum Gasteiger partial charge on any atom is -0.323 e. The van der Waals surface area contributed by atoms with Crippen LogP contribution in [0.3, 0.4) is 0 Å². The van der Waals surface area contributed by atoms with Crippen LogP contribution in [0.4, 0.5) is 0 Å². The predicted octanol–water partition coefficient (Wildman–Crippen LogP) is 2.72. The lowest BCUT2D eigenvalue weighted by Gasteiger charge is -2.11. The molecule has 0 unspecified atom stereocenters. The molecule has 0 saturated heterocycles. The summed E-state index contributed by atoms with van der Waals surface area (Å²) in [5.74, 6) is 0. The third-order valence-electron chi connectivity index (χ3n) is 2.17. The third-order valence-corrected chi connectivity index (χ3v) is 2.49. The molecule has 0 aliphatic carbocycles. The zero-order valence-corrected chi connectivity index (χ0v) is 9.42. The molecule has 3 nitrogen and oxygen atoms in total. The van der Waals surface area contributed by atoms with Gasteiger partial charge in [0.15, 0.2) is 5.65 Å². The smallest absolute Gasteiger partial charge is 0.159 e. The Kier molecular flexibility index (Phi) is 2.97. The molecule has 0 atom stereocenters. The lowest BCUT2D eigenvalue weighted by Crippen LogP contribution is -2.17. The molecule has 4 heteroatoms. The topological polar surface area (TPSA) is 29.9 Å². The Morgan fingerprint density at radius 1 is 1.40 bits per heavy atom. The second kappa shape index (κ2) is 4.40. The number of aromatic nitrogens is 2. The zero-order valence-electron chi connectivity index (χ0n) is 8.60. The molecule has 0 aliphatic rings. The number of nitrogens with one attached hydrogen (secondary N) is 1. The van der Waals surface area contributed by atoms with E-state index in [0.717, 1.165) is 28.6 Å². The van der Waals surface area contributed by atoms with Gasteiger partial charge in [0.05, 0.1) is 0 Å². The fourth-order valence-corrected chi connectivity index (χ4v) is 1.66. The van der Waals surface area contributed by atoms with Gasteiger partial charge in [-0.25, -0.2) is 9.66 Å². The third kappa shape index (κ3) is 1.99. The van der Waals surface area contributed by atoms with E-state index in [1.165, 1.54) is 0 Å². The van der Waals surface area contributed by atoms with Crippen molar-refractivity contribution < 1.29 is 0 Å². The normalized spacial score (nSPS) is 10.5. The maximum absolute atomic E-state index is 5.25. The molecular weight excluding hydrogens is 206 g/mol. The first kappa shape index (κ1) is 10.1. The highest BCUT2D eigenvalue weighted by molar-refractivity contribution is 7.71. The van der Waals surface area contributed by atoms with Gasteiger partial charge in [0.2, 0.25) is 0 Å². The largest absolute Gasteiger partial charge is 0.323 e. The van der Waals surface area contributed by atoms with E-state index in [-0.39, 0.29) is 0 Å². The summed E-state index contributed by atoms with van der Waals surface area (Å²) in [6.07, 6.45) is 2.84. The number of hydrogen-bond acceptors (Lipinski definition) is 3. The lowest BCUT2D eigenvalue weighted by atomic mass is 10.3. The molecule has 0 radical (unpaired) electrons. The van der Waals surface area contributed by atoms with Crippen LogP contribution in [0.1, 0.15) is 13.3 Å². The van der Waals surface area contributed by atoms with Gasteiger partial charge in [0, 0.05) is 18.1 Å². The number of pyridine rings is 2. The summed E-state index contributed by atoms with van der Waals surface area (Å²) in [7, 11) is 0. The van der Waals surface area contributed by atoms with Gasteiger partial charge in [-0.3, -0.25) is 0 Å². The number of nitrogens with zero attached hydrogens (tertiary/aromatic N) is 2. The minimum absolute atomic E-state index is 0.759. The van der Waals surface area contributed by atoms with Crippen LogP contribution < -0.4 is 5.43 Å². The van der Waals surface area contributed by atoms with Crippen LogP contribution in [0.2, 0.25) is 0 Å². The van der Waals surface area contributed by atoms with Gasteiger partial charge >= 0.3 is 0 Å². The molecule has 0 aromatic carbocycles. The van der Waals surface area contributed by atoms with Crippen LogP contribution in [0.15, 0.2) is 30.5 Å². The molecule has 2 rings (SSSR count). The van der Waals surface area contributed by atoms with Crippen molar-refractivity contribution in [2.75, 3.05) is 12.0 Å². The highest BCUT2D eigenvalue weighted by atomic mass is 32.1. The fraction of sp³-hybridized carbons (Fsp3) is 0.273. The molecule has 0 amide bonds. The maximum Gasteiger partial charge on any atom is 0.159 e. The van der Waals surface area contributed by atoms with E-state index in [0.29, 0.717) is 0 Å². The molecule has 0 saturated carbocycles. The number of rotatable bonds is 3. The van der Waals surface area contributed by atoms with Crippen molar-refractivity contribution in [1.29, 1.82) is 0 Å². The summed E-state index contributed by atoms with van der Waals surface area (Å²) in [5, 5.41) is 1.09. The number of hydrogen-bond donors (Lipinski definition) is 1. The Balaban J connectivity index is 2.58. The van der Waals surface area contributed by atoms with Crippen molar-refractivity contribution in [1.82, 2.24) is 9.66 Å². The van der Waals surface area contributed by atoms with Crippen LogP contribution in [-0.4, -0.2) is 16.2 Å². The molecule has 78 valence electrons. The number of fused-ring (bicyclic) bond motifs is 1. The molecule has 0 aliphatic heterocycles. The SMILES string of the molecule is CCCNn1c(=S)ccc2cccnc21. The molecular formula is C11H13N3S. The van der Waals surface area contributed by atoms with Crippen molar-refractivity contribution in [2.24, 2.45) is 0 Å². The summed E-state index contributed by atoms with van der Waals surface area (Å²) in [6.45, 7) is 3.01. The summed E-state index contributed by atoms with van der Waals surface area (Å²) in [4.78, 5) is 4.33. The summed E-state index contributed by atoms with van der Waals surface area (Å²) in [6, 6.07) is 7.87. The van der Waals surface area contributed by atoms with Crippen LogP contribution >= 0.6 is 12.2 Å². The minimum atomic E-state index is 0.759. The van der Waals surface area contributed by atoms with E-state index in [2.05, 4.69) is 17.3 Å². The Hall–Kier alpha value is -1.42. The average Bonchev–Trinajstić information content (AvgIpc) is 2.28. The molecule has 0 bridgehead atoms. The van der Waals surface area contributed by atoms with Gasteiger partial charge in [0.25, 0.3) is 0 Å². The lowest BCUT2D eigenvalue weighted by molar-refractivity contribution is 0.810. The average molecular weight is 219 g/mol. The van der Waals surface area contributed by atoms with Gasteiger partial charge in [-0.2, -0.15) is 0 Å². The van der Waals surface area contributed by atoms with Crippen molar-refractivity contribution in [3.8, 4) is 0 Å². The molecule has 2 aromatic rings. The van der Waals surface area contributed by atoms with E-state index < -0.39 is 0 Å². The van der Waals surface area contributed by atoms with Gasteiger partial charge in [-0.1, -0.05) is 19.1 Å².